The molecule has 3 heteroatoms. The zero-order valence-electron chi connectivity index (χ0n) is 8.03. The molecule has 3 aliphatic rings. The van der Waals surface area contributed by atoms with Gasteiger partial charge in [0.25, 0.3) is 0 Å². The van der Waals surface area contributed by atoms with Gasteiger partial charge in [-0.05, 0) is 6.42 Å². The van der Waals surface area contributed by atoms with Crippen molar-refractivity contribution in [3.05, 3.63) is 12.2 Å². The van der Waals surface area contributed by atoms with Gasteiger partial charge in [0.2, 0.25) is 0 Å². The first kappa shape index (κ1) is 8.21. The van der Waals surface area contributed by atoms with Gasteiger partial charge in [0.1, 0.15) is 5.78 Å². The Kier molecular flexibility index (Phi) is 1.33. The van der Waals surface area contributed by atoms with Crippen LogP contribution in [0.25, 0.3) is 0 Å². The molecule has 0 aromatic rings. The third kappa shape index (κ3) is 0.636. The Bertz CT molecular complexity index is 358. The van der Waals surface area contributed by atoms with Crippen molar-refractivity contribution < 1.29 is 14.3 Å². The van der Waals surface area contributed by atoms with E-state index in [1.807, 2.05) is 0 Å². The molecule has 4 atom stereocenters. The van der Waals surface area contributed by atoms with Crippen LogP contribution < -0.4 is 0 Å². The molecule has 0 N–H and O–H groups in total. The van der Waals surface area contributed by atoms with Gasteiger partial charge >= 0.3 is 5.97 Å². The molecule has 0 heterocycles. The van der Waals surface area contributed by atoms with Gasteiger partial charge in [0.15, 0.2) is 0 Å². The fraction of sp³-hybridized carbons (Fsp3) is 0.636. The molecule has 3 aliphatic carbocycles. The molecule has 74 valence electrons. The molecule has 14 heavy (non-hydrogen) atoms. The van der Waals surface area contributed by atoms with Gasteiger partial charge in [0, 0.05) is 23.7 Å². The van der Waals surface area contributed by atoms with E-state index in [9.17, 15) is 9.59 Å². The minimum Gasteiger partial charge on any atom is -0.469 e. The number of rotatable bonds is 1. The Labute approximate surface area is 82.1 Å². The van der Waals surface area contributed by atoms with E-state index in [-0.39, 0.29) is 34.9 Å². The number of carbonyl (C=O) groups is 2. The summed E-state index contributed by atoms with van der Waals surface area (Å²) >= 11 is 0. The standard InChI is InChI=1S/C11H12O3/c1-14-10(13)8-6-2-4-11(6)5-3-7(12)9(8)11/h2,4,6,8-9H,3,5H2,1H3/t6-,8+,9-,11?/m0/s1. The Morgan fingerprint density at radius 2 is 2.43 bits per heavy atom. The smallest absolute Gasteiger partial charge is 0.310 e. The van der Waals surface area contributed by atoms with Crippen LogP contribution in [0.1, 0.15) is 12.8 Å². The van der Waals surface area contributed by atoms with Crippen molar-refractivity contribution in [2.24, 2.45) is 23.2 Å². The lowest BCUT2D eigenvalue weighted by atomic mass is 9.42. The van der Waals surface area contributed by atoms with Crippen molar-refractivity contribution in [1.82, 2.24) is 0 Å². The average Bonchev–Trinajstić information content (AvgIpc) is 2.49. The lowest BCUT2D eigenvalue weighted by molar-refractivity contribution is -0.170. The van der Waals surface area contributed by atoms with Gasteiger partial charge in [-0.2, -0.15) is 0 Å². The van der Waals surface area contributed by atoms with Gasteiger partial charge in [-0.1, -0.05) is 12.2 Å². The molecule has 0 aromatic heterocycles. The molecule has 1 spiro atoms. The predicted octanol–water partition coefficient (Wildman–Crippen LogP) is 0.941. The molecule has 0 bridgehead atoms. The maximum Gasteiger partial charge on any atom is 0.310 e. The summed E-state index contributed by atoms with van der Waals surface area (Å²) in [6.45, 7) is 0. The second-order valence-electron chi connectivity index (χ2n) is 4.49. The lowest BCUT2D eigenvalue weighted by Gasteiger charge is -2.59. The minimum absolute atomic E-state index is 0.0649. The number of esters is 1. The molecule has 1 unspecified atom stereocenters. The summed E-state index contributed by atoms with van der Waals surface area (Å²) in [5.74, 6) is 0.0765. The normalized spacial score (nSPS) is 47.5. The van der Waals surface area contributed by atoms with Crippen LogP contribution in [0.4, 0.5) is 0 Å². The third-order valence-electron chi connectivity index (χ3n) is 4.18. The molecule has 0 radical (unpaired) electrons. The second kappa shape index (κ2) is 2.27. The van der Waals surface area contributed by atoms with Crippen LogP contribution in [0.15, 0.2) is 12.2 Å². The van der Waals surface area contributed by atoms with E-state index < -0.39 is 0 Å². The fourth-order valence-electron chi connectivity index (χ4n) is 3.46. The van der Waals surface area contributed by atoms with Crippen LogP contribution in [-0.4, -0.2) is 18.9 Å². The first-order valence-corrected chi connectivity index (χ1v) is 5.00. The van der Waals surface area contributed by atoms with E-state index in [4.69, 9.17) is 4.74 Å². The van der Waals surface area contributed by atoms with Crippen molar-refractivity contribution in [2.45, 2.75) is 12.8 Å². The number of methoxy groups -OCH3 is 1. The summed E-state index contributed by atoms with van der Waals surface area (Å²) in [5, 5.41) is 0. The molecule has 3 nitrogen and oxygen atoms in total. The SMILES string of the molecule is COC(=O)[C@@H]1[C@@H]2C=CC23CCC(=O)[C@@H]13. The highest BCUT2D eigenvalue weighted by Crippen LogP contribution is 2.69. The summed E-state index contributed by atoms with van der Waals surface area (Å²) < 4.78 is 4.73. The van der Waals surface area contributed by atoms with Gasteiger partial charge in [0.05, 0.1) is 13.0 Å². The highest BCUT2D eigenvalue weighted by molar-refractivity contribution is 5.93. The summed E-state index contributed by atoms with van der Waals surface area (Å²) in [6, 6.07) is 0. The molecular weight excluding hydrogens is 180 g/mol. The largest absolute Gasteiger partial charge is 0.469 e. The molecular formula is C11H12O3. The molecule has 2 saturated carbocycles. The van der Waals surface area contributed by atoms with Crippen LogP contribution in [0, 0.1) is 23.2 Å². The number of allylic oxidation sites excluding steroid dienone is 2. The molecule has 0 amide bonds. The first-order chi connectivity index (χ1) is 6.70. The molecule has 0 aliphatic heterocycles. The van der Waals surface area contributed by atoms with E-state index in [2.05, 4.69) is 12.2 Å². The minimum atomic E-state index is -0.213. The maximum absolute atomic E-state index is 11.6. The van der Waals surface area contributed by atoms with Crippen molar-refractivity contribution in [2.75, 3.05) is 7.11 Å². The van der Waals surface area contributed by atoms with Crippen molar-refractivity contribution in [1.29, 1.82) is 0 Å². The first-order valence-electron chi connectivity index (χ1n) is 5.00. The van der Waals surface area contributed by atoms with Crippen molar-refractivity contribution >= 4 is 11.8 Å². The monoisotopic (exact) mass is 192 g/mol. The van der Waals surface area contributed by atoms with Crippen LogP contribution in [-0.2, 0) is 14.3 Å². The fourth-order valence-corrected chi connectivity index (χ4v) is 3.46. The summed E-state index contributed by atoms with van der Waals surface area (Å²) in [6.07, 6.45) is 5.74. The molecule has 3 rings (SSSR count). The maximum atomic E-state index is 11.6. The van der Waals surface area contributed by atoms with Gasteiger partial charge in [-0.25, -0.2) is 0 Å². The van der Waals surface area contributed by atoms with E-state index in [0.717, 1.165) is 6.42 Å². The predicted molar refractivity (Wildman–Crippen MR) is 48.3 cm³/mol. The third-order valence-corrected chi connectivity index (χ3v) is 4.18. The van der Waals surface area contributed by atoms with E-state index >= 15 is 0 Å². The van der Waals surface area contributed by atoms with Gasteiger partial charge < -0.3 is 4.74 Å². The van der Waals surface area contributed by atoms with Gasteiger partial charge in [-0.15, -0.1) is 0 Å². The van der Waals surface area contributed by atoms with E-state index in [1.165, 1.54) is 7.11 Å². The number of Topliss-reactive ketones (excluding diaryl/α,β-unsaturated/α-hetero) is 1. The molecule has 0 saturated heterocycles. The highest BCUT2D eigenvalue weighted by Gasteiger charge is 2.70. The average molecular weight is 192 g/mol. The number of ether oxygens (including phenoxy) is 1. The van der Waals surface area contributed by atoms with Crippen LogP contribution in [0.3, 0.4) is 0 Å². The second-order valence-corrected chi connectivity index (χ2v) is 4.49. The van der Waals surface area contributed by atoms with E-state index in [0.29, 0.717) is 6.42 Å². The molecule has 0 aromatic carbocycles. The zero-order valence-corrected chi connectivity index (χ0v) is 8.03. The number of hydrogen-bond acceptors (Lipinski definition) is 3. The Morgan fingerprint density at radius 1 is 1.64 bits per heavy atom. The Hall–Kier alpha value is -1.12. The number of carbonyl (C=O) groups excluding carboxylic acids is 2. The summed E-state index contributed by atoms with van der Waals surface area (Å²) in [4.78, 5) is 23.1. The van der Waals surface area contributed by atoms with Crippen LogP contribution >= 0.6 is 0 Å². The topological polar surface area (TPSA) is 43.4 Å². The summed E-state index contributed by atoms with van der Waals surface area (Å²) in [5.41, 5.74) is 0.0654. The Balaban J connectivity index is 1.94. The summed E-state index contributed by atoms with van der Waals surface area (Å²) in [7, 11) is 1.39. The Morgan fingerprint density at radius 3 is 3.00 bits per heavy atom. The van der Waals surface area contributed by atoms with Crippen molar-refractivity contribution in [3.63, 3.8) is 0 Å². The quantitative estimate of drug-likeness (QED) is 0.458. The van der Waals surface area contributed by atoms with Crippen molar-refractivity contribution in [3.8, 4) is 0 Å². The van der Waals surface area contributed by atoms with Gasteiger partial charge in [-0.3, -0.25) is 9.59 Å². The zero-order chi connectivity index (χ0) is 9.92. The number of hydrogen-bond donors (Lipinski definition) is 0. The van der Waals surface area contributed by atoms with E-state index in [1.54, 1.807) is 0 Å². The lowest BCUT2D eigenvalue weighted by Crippen LogP contribution is -2.61. The molecule has 2 fully saturated rings. The van der Waals surface area contributed by atoms with Crippen LogP contribution in [0.2, 0.25) is 0 Å². The number of ketones is 1. The highest BCUT2D eigenvalue weighted by atomic mass is 16.5. The van der Waals surface area contributed by atoms with Crippen LogP contribution in [0.5, 0.6) is 0 Å².